The second kappa shape index (κ2) is 6.44. The molecule has 4 nitrogen and oxygen atoms in total. The fourth-order valence-corrected chi connectivity index (χ4v) is 3.93. The van der Waals surface area contributed by atoms with Crippen LogP contribution >= 0.6 is 39.1 Å². The van der Waals surface area contributed by atoms with Gasteiger partial charge in [-0.3, -0.25) is 4.72 Å². The van der Waals surface area contributed by atoms with E-state index in [1.807, 2.05) is 0 Å². The van der Waals surface area contributed by atoms with Crippen LogP contribution in [0.15, 0.2) is 45.8 Å². The summed E-state index contributed by atoms with van der Waals surface area (Å²) in [6, 6.07) is 9.55. The van der Waals surface area contributed by atoms with E-state index in [2.05, 4.69) is 20.7 Å². The van der Waals surface area contributed by atoms with E-state index in [-0.39, 0.29) is 14.9 Å². The summed E-state index contributed by atoms with van der Waals surface area (Å²) in [6.07, 6.45) is 0. The normalized spacial score (nSPS) is 11.2. The molecule has 0 aliphatic rings. The molecule has 2 rings (SSSR count). The highest BCUT2D eigenvalue weighted by atomic mass is 79.9. The average Bonchev–Trinajstić information content (AvgIpc) is 2.41. The van der Waals surface area contributed by atoms with Gasteiger partial charge in [-0.2, -0.15) is 0 Å². The van der Waals surface area contributed by atoms with Crippen molar-refractivity contribution in [3.05, 3.63) is 50.9 Å². The highest BCUT2D eigenvalue weighted by molar-refractivity contribution is 9.10. The summed E-state index contributed by atoms with van der Waals surface area (Å²) in [6.45, 7) is 0. The van der Waals surface area contributed by atoms with Crippen LogP contribution in [-0.4, -0.2) is 15.5 Å². The molecule has 0 aromatic heterocycles. The summed E-state index contributed by atoms with van der Waals surface area (Å²) in [7, 11) is -2.43. The first-order valence-corrected chi connectivity index (χ1v) is 8.69. The van der Waals surface area contributed by atoms with Crippen LogP contribution in [0.4, 0.5) is 5.69 Å². The Balaban J connectivity index is 2.43. The quantitative estimate of drug-likeness (QED) is 0.803. The molecule has 2 aromatic rings. The maximum absolute atomic E-state index is 12.4. The first kappa shape index (κ1) is 16.4. The maximum atomic E-state index is 12.4. The number of methoxy groups -OCH3 is 1. The van der Waals surface area contributed by atoms with E-state index in [1.54, 1.807) is 24.3 Å². The summed E-state index contributed by atoms with van der Waals surface area (Å²) in [5.41, 5.74) is 0.410. The molecular formula is C13H10BrCl2NO3S. The Bertz CT molecular complexity index is 781. The minimum Gasteiger partial charge on any atom is -0.495 e. The van der Waals surface area contributed by atoms with Gasteiger partial charge in [-0.05, 0) is 30.3 Å². The fraction of sp³-hybridized carbons (Fsp3) is 0.0769. The number of hydrogen-bond donors (Lipinski definition) is 1. The molecule has 112 valence electrons. The van der Waals surface area contributed by atoms with Crippen LogP contribution in [0.25, 0.3) is 0 Å². The maximum Gasteiger partial charge on any atom is 0.263 e. The molecule has 0 saturated heterocycles. The number of nitrogens with one attached hydrogen (secondary N) is 1. The Morgan fingerprint density at radius 1 is 1.14 bits per heavy atom. The summed E-state index contributed by atoms with van der Waals surface area (Å²) in [4.78, 5) is -0.116. The van der Waals surface area contributed by atoms with Gasteiger partial charge in [0.05, 0.1) is 12.1 Å². The molecule has 0 saturated carbocycles. The molecule has 0 aliphatic carbocycles. The number of hydrogen-bond acceptors (Lipinski definition) is 3. The third kappa shape index (κ3) is 3.63. The van der Waals surface area contributed by atoms with Crippen molar-refractivity contribution in [2.75, 3.05) is 11.8 Å². The topological polar surface area (TPSA) is 55.4 Å². The predicted molar refractivity (Wildman–Crippen MR) is 88.0 cm³/mol. The van der Waals surface area contributed by atoms with Gasteiger partial charge in [0.15, 0.2) is 0 Å². The van der Waals surface area contributed by atoms with E-state index >= 15 is 0 Å². The van der Waals surface area contributed by atoms with Crippen LogP contribution in [-0.2, 0) is 10.0 Å². The molecule has 21 heavy (non-hydrogen) atoms. The van der Waals surface area contributed by atoms with Gasteiger partial charge in [0, 0.05) is 10.2 Å². The van der Waals surface area contributed by atoms with E-state index in [0.29, 0.717) is 11.4 Å². The molecule has 0 aliphatic heterocycles. The van der Waals surface area contributed by atoms with Crippen molar-refractivity contribution in [2.24, 2.45) is 0 Å². The zero-order valence-electron chi connectivity index (χ0n) is 10.7. The van der Waals surface area contributed by atoms with Gasteiger partial charge >= 0.3 is 0 Å². The molecule has 0 heterocycles. The molecule has 0 fully saturated rings. The molecule has 0 radical (unpaired) electrons. The second-order valence-corrected chi connectivity index (χ2v) is 7.33. The minimum absolute atomic E-state index is 0.0521. The number of ether oxygens (including phenoxy) is 1. The highest BCUT2D eigenvalue weighted by Crippen LogP contribution is 2.37. The largest absolute Gasteiger partial charge is 0.495 e. The number of sulfonamides is 1. The van der Waals surface area contributed by atoms with Crippen LogP contribution < -0.4 is 9.46 Å². The van der Waals surface area contributed by atoms with Gasteiger partial charge in [-0.25, -0.2) is 8.42 Å². The van der Waals surface area contributed by atoms with Crippen molar-refractivity contribution in [3.8, 4) is 5.75 Å². The molecule has 2 aromatic carbocycles. The molecule has 1 N–H and O–H groups in total. The first-order valence-electron chi connectivity index (χ1n) is 5.65. The smallest absolute Gasteiger partial charge is 0.263 e. The highest BCUT2D eigenvalue weighted by Gasteiger charge is 2.22. The number of rotatable bonds is 4. The summed E-state index contributed by atoms with van der Waals surface area (Å²) in [5, 5.41) is -0.0326. The molecule has 8 heteroatoms. The second-order valence-electron chi connectivity index (χ2n) is 4.01. The van der Waals surface area contributed by atoms with Gasteiger partial charge < -0.3 is 4.74 Å². The zero-order valence-corrected chi connectivity index (χ0v) is 14.6. The van der Waals surface area contributed by atoms with Crippen LogP contribution in [0.2, 0.25) is 10.0 Å². The van der Waals surface area contributed by atoms with E-state index in [0.717, 1.165) is 4.47 Å². The third-order valence-corrected chi connectivity index (χ3v) is 5.49. The van der Waals surface area contributed by atoms with Crippen molar-refractivity contribution in [1.82, 2.24) is 0 Å². The standard InChI is InChI=1S/C13H10BrCl2NO3S/c1-20-10-5-6-11(13(16)12(10)15)21(18,19)17-9-4-2-3-8(14)7-9/h2-7,17H,1H3. The van der Waals surface area contributed by atoms with Crippen molar-refractivity contribution < 1.29 is 13.2 Å². The lowest BCUT2D eigenvalue weighted by atomic mass is 10.3. The van der Waals surface area contributed by atoms with Gasteiger partial charge in [0.2, 0.25) is 0 Å². The Kier molecular flexibility index (Phi) is 5.03. The van der Waals surface area contributed by atoms with Gasteiger partial charge in [0.25, 0.3) is 10.0 Å². The molecule has 0 spiro atoms. The number of halogens is 3. The lowest BCUT2D eigenvalue weighted by molar-refractivity contribution is 0.414. The van der Waals surface area contributed by atoms with Crippen LogP contribution in [0.1, 0.15) is 0 Å². The van der Waals surface area contributed by atoms with Gasteiger partial charge in [0.1, 0.15) is 15.7 Å². The number of anilines is 1. The SMILES string of the molecule is COc1ccc(S(=O)(=O)Nc2cccc(Br)c2)c(Cl)c1Cl. The van der Waals surface area contributed by atoms with Crippen molar-refractivity contribution >= 4 is 54.8 Å². The van der Waals surface area contributed by atoms with Crippen LogP contribution in [0.3, 0.4) is 0 Å². The Morgan fingerprint density at radius 3 is 2.48 bits per heavy atom. The zero-order chi connectivity index (χ0) is 15.6. The number of benzene rings is 2. The average molecular weight is 411 g/mol. The lowest BCUT2D eigenvalue weighted by Crippen LogP contribution is -2.13. The van der Waals surface area contributed by atoms with Crippen molar-refractivity contribution in [3.63, 3.8) is 0 Å². The summed E-state index contributed by atoms with van der Waals surface area (Å²) < 4.78 is 32.9. The van der Waals surface area contributed by atoms with Crippen molar-refractivity contribution in [2.45, 2.75) is 4.90 Å². The summed E-state index contributed by atoms with van der Waals surface area (Å²) >= 11 is 15.3. The Morgan fingerprint density at radius 2 is 1.86 bits per heavy atom. The van der Waals surface area contributed by atoms with E-state index in [4.69, 9.17) is 27.9 Å². The fourth-order valence-electron chi connectivity index (χ4n) is 1.64. The van der Waals surface area contributed by atoms with Crippen LogP contribution in [0, 0.1) is 0 Å². The van der Waals surface area contributed by atoms with Gasteiger partial charge in [-0.15, -0.1) is 0 Å². The minimum atomic E-state index is -3.85. The van der Waals surface area contributed by atoms with Crippen LogP contribution in [0.5, 0.6) is 5.75 Å². The Hall–Kier alpha value is -0.950. The summed E-state index contributed by atoms with van der Waals surface area (Å²) in [5.74, 6) is 0.308. The molecule has 0 unspecified atom stereocenters. The molecule has 0 atom stereocenters. The molecular weight excluding hydrogens is 401 g/mol. The third-order valence-electron chi connectivity index (χ3n) is 2.60. The first-order chi connectivity index (χ1) is 9.85. The molecule has 0 amide bonds. The lowest BCUT2D eigenvalue weighted by Gasteiger charge is -2.12. The molecule has 0 bridgehead atoms. The Labute approximate surface area is 141 Å². The van der Waals surface area contributed by atoms with Gasteiger partial charge in [-0.1, -0.05) is 45.2 Å². The van der Waals surface area contributed by atoms with Crippen molar-refractivity contribution in [1.29, 1.82) is 0 Å². The van der Waals surface area contributed by atoms with E-state index in [1.165, 1.54) is 19.2 Å². The monoisotopic (exact) mass is 409 g/mol. The van der Waals surface area contributed by atoms with E-state index in [9.17, 15) is 8.42 Å². The predicted octanol–water partition coefficient (Wildman–Crippen LogP) is 4.57. The van der Waals surface area contributed by atoms with E-state index < -0.39 is 10.0 Å².